The lowest BCUT2D eigenvalue weighted by atomic mass is 10.1. The summed E-state index contributed by atoms with van der Waals surface area (Å²) < 4.78 is 1.94. The summed E-state index contributed by atoms with van der Waals surface area (Å²) in [6.45, 7) is 0. The highest BCUT2D eigenvalue weighted by Gasteiger charge is 2.38. The number of fused-ring (bicyclic) bond motifs is 1. The predicted molar refractivity (Wildman–Crippen MR) is 56.0 cm³/mol. The van der Waals surface area contributed by atoms with Gasteiger partial charge in [0.05, 0.1) is 11.2 Å². The molecule has 3 rings (SSSR count). The van der Waals surface area contributed by atoms with Crippen LogP contribution >= 0.6 is 0 Å². The maximum absolute atomic E-state index is 5.85. The molecule has 1 heterocycles. The van der Waals surface area contributed by atoms with Gasteiger partial charge in [0.15, 0.2) is 0 Å². The molecule has 1 fully saturated rings. The Hall–Kier alpha value is -1.35. The second kappa shape index (κ2) is 2.58. The molecule has 72 valence electrons. The van der Waals surface area contributed by atoms with Gasteiger partial charge in [-0.3, -0.25) is 4.68 Å². The van der Waals surface area contributed by atoms with Crippen molar-refractivity contribution in [2.75, 3.05) is 0 Å². The van der Waals surface area contributed by atoms with Gasteiger partial charge < -0.3 is 5.73 Å². The van der Waals surface area contributed by atoms with E-state index in [9.17, 15) is 0 Å². The zero-order valence-electron chi connectivity index (χ0n) is 8.14. The number of nitrogens with two attached hydrogens (primary N) is 1. The summed E-state index contributed by atoms with van der Waals surface area (Å²) >= 11 is 0. The molecule has 0 spiro atoms. The van der Waals surface area contributed by atoms with Crippen molar-refractivity contribution in [1.29, 1.82) is 0 Å². The molecule has 1 aromatic carbocycles. The van der Waals surface area contributed by atoms with Crippen molar-refractivity contribution in [2.45, 2.75) is 18.4 Å². The highest BCUT2D eigenvalue weighted by atomic mass is 15.3. The Bertz CT molecular complexity index is 486. The van der Waals surface area contributed by atoms with Crippen LogP contribution in [0.15, 0.2) is 24.3 Å². The van der Waals surface area contributed by atoms with Crippen LogP contribution in [0.1, 0.15) is 18.0 Å². The monoisotopic (exact) mass is 187 g/mol. The fourth-order valence-corrected chi connectivity index (χ4v) is 2.04. The Kier molecular flexibility index (Phi) is 1.47. The van der Waals surface area contributed by atoms with Crippen molar-refractivity contribution in [3.05, 3.63) is 30.0 Å². The van der Waals surface area contributed by atoms with Crippen LogP contribution < -0.4 is 5.73 Å². The molecule has 1 aromatic heterocycles. The third kappa shape index (κ3) is 0.990. The van der Waals surface area contributed by atoms with Crippen molar-refractivity contribution in [3.63, 3.8) is 0 Å². The Labute approximate surface area is 82.5 Å². The van der Waals surface area contributed by atoms with Gasteiger partial charge in [0.2, 0.25) is 0 Å². The summed E-state index contributed by atoms with van der Waals surface area (Å²) in [4.78, 5) is 0. The van der Waals surface area contributed by atoms with Gasteiger partial charge in [0.25, 0.3) is 0 Å². The summed E-state index contributed by atoms with van der Waals surface area (Å²) in [5.41, 5.74) is 8.22. The third-order valence-corrected chi connectivity index (χ3v) is 2.98. The summed E-state index contributed by atoms with van der Waals surface area (Å²) in [7, 11) is 1.99. The molecule has 0 bridgehead atoms. The Balaban J connectivity index is 2.24. The van der Waals surface area contributed by atoms with Crippen LogP contribution in [0.4, 0.5) is 0 Å². The van der Waals surface area contributed by atoms with Crippen molar-refractivity contribution < 1.29 is 0 Å². The van der Waals surface area contributed by atoms with E-state index in [0.29, 0.717) is 12.0 Å². The van der Waals surface area contributed by atoms with E-state index in [-0.39, 0.29) is 0 Å². The standard InChI is InChI=1S/C11H13N3/c1-14-10-5-3-2-4-7(10)11(13-14)8-6-9(8)12/h2-5,8-9H,6,12H2,1H3. The van der Waals surface area contributed by atoms with E-state index in [1.165, 1.54) is 16.6 Å². The molecule has 2 aromatic rings. The smallest absolute Gasteiger partial charge is 0.0750 e. The Morgan fingerprint density at radius 2 is 2.14 bits per heavy atom. The first kappa shape index (κ1) is 8.00. The number of aromatic nitrogens is 2. The zero-order valence-corrected chi connectivity index (χ0v) is 8.14. The topological polar surface area (TPSA) is 43.8 Å². The molecular formula is C11H13N3. The number of hydrogen-bond donors (Lipinski definition) is 1. The van der Waals surface area contributed by atoms with Gasteiger partial charge in [-0.05, 0) is 12.5 Å². The normalized spacial score (nSPS) is 25.6. The Morgan fingerprint density at radius 3 is 2.86 bits per heavy atom. The third-order valence-electron chi connectivity index (χ3n) is 2.98. The van der Waals surface area contributed by atoms with Gasteiger partial charge >= 0.3 is 0 Å². The largest absolute Gasteiger partial charge is 0.327 e. The average Bonchev–Trinajstić information content (AvgIpc) is 2.82. The van der Waals surface area contributed by atoms with E-state index in [0.717, 1.165) is 6.42 Å². The Morgan fingerprint density at radius 1 is 1.43 bits per heavy atom. The lowest BCUT2D eigenvalue weighted by molar-refractivity contribution is 0.762. The summed E-state index contributed by atoms with van der Waals surface area (Å²) in [5.74, 6) is 0.487. The summed E-state index contributed by atoms with van der Waals surface area (Å²) in [6.07, 6.45) is 1.08. The minimum Gasteiger partial charge on any atom is -0.327 e. The molecule has 1 aliphatic rings. The molecule has 1 aliphatic carbocycles. The number of hydrogen-bond acceptors (Lipinski definition) is 2. The highest BCUT2D eigenvalue weighted by Crippen LogP contribution is 2.41. The number of benzene rings is 1. The summed E-state index contributed by atoms with van der Waals surface area (Å²) in [6, 6.07) is 8.65. The van der Waals surface area contributed by atoms with E-state index < -0.39 is 0 Å². The number of rotatable bonds is 1. The molecule has 2 N–H and O–H groups in total. The maximum atomic E-state index is 5.85. The van der Waals surface area contributed by atoms with Crippen LogP contribution in [-0.2, 0) is 7.05 Å². The predicted octanol–water partition coefficient (Wildman–Crippen LogP) is 1.39. The van der Waals surface area contributed by atoms with Crippen LogP contribution in [0.3, 0.4) is 0 Å². The van der Waals surface area contributed by atoms with E-state index in [1.807, 2.05) is 17.8 Å². The van der Waals surface area contributed by atoms with Crippen LogP contribution in [-0.4, -0.2) is 15.8 Å². The minimum atomic E-state index is 0.327. The van der Waals surface area contributed by atoms with Gasteiger partial charge in [0, 0.05) is 24.4 Å². The number of nitrogens with zero attached hydrogens (tertiary/aromatic N) is 2. The van der Waals surface area contributed by atoms with Gasteiger partial charge in [-0.25, -0.2) is 0 Å². The van der Waals surface area contributed by atoms with Gasteiger partial charge in [0.1, 0.15) is 0 Å². The van der Waals surface area contributed by atoms with Crippen molar-refractivity contribution in [3.8, 4) is 0 Å². The molecule has 1 saturated carbocycles. The van der Waals surface area contributed by atoms with E-state index in [4.69, 9.17) is 5.73 Å². The van der Waals surface area contributed by atoms with Crippen molar-refractivity contribution >= 4 is 10.9 Å². The van der Waals surface area contributed by atoms with Gasteiger partial charge in [-0.1, -0.05) is 18.2 Å². The number of aryl methyl sites for hydroxylation is 1. The molecular weight excluding hydrogens is 174 g/mol. The van der Waals surface area contributed by atoms with Gasteiger partial charge in [-0.15, -0.1) is 0 Å². The molecule has 2 atom stereocenters. The van der Waals surface area contributed by atoms with E-state index >= 15 is 0 Å². The fraction of sp³-hybridized carbons (Fsp3) is 0.364. The lowest BCUT2D eigenvalue weighted by Gasteiger charge is -1.92. The second-order valence-electron chi connectivity index (χ2n) is 4.03. The first-order valence-electron chi connectivity index (χ1n) is 4.94. The first-order valence-corrected chi connectivity index (χ1v) is 4.94. The fourth-order valence-electron chi connectivity index (χ4n) is 2.04. The van der Waals surface area contributed by atoms with Crippen LogP contribution in [0.2, 0.25) is 0 Å². The molecule has 0 saturated heterocycles. The van der Waals surface area contributed by atoms with Crippen LogP contribution in [0, 0.1) is 0 Å². The highest BCUT2D eigenvalue weighted by molar-refractivity contribution is 5.82. The molecule has 3 heteroatoms. The average molecular weight is 187 g/mol. The molecule has 14 heavy (non-hydrogen) atoms. The molecule has 2 unspecified atom stereocenters. The van der Waals surface area contributed by atoms with E-state index in [2.05, 4.69) is 23.3 Å². The first-order chi connectivity index (χ1) is 6.77. The quantitative estimate of drug-likeness (QED) is 0.733. The maximum Gasteiger partial charge on any atom is 0.0750 e. The molecule has 3 nitrogen and oxygen atoms in total. The van der Waals surface area contributed by atoms with Crippen molar-refractivity contribution in [1.82, 2.24) is 9.78 Å². The zero-order chi connectivity index (χ0) is 9.71. The van der Waals surface area contributed by atoms with Crippen LogP contribution in [0.25, 0.3) is 10.9 Å². The minimum absolute atomic E-state index is 0.327. The molecule has 0 aliphatic heterocycles. The number of para-hydroxylation sites is 1. The van der Waals surface area contributed by atoms with Crippen molar-refractivity contribution in [2.24, 2.45) is 12.8 Å². The van der Waals surface area contributed by atoms with E-state index in [1.54, 1.807) is 0 Å². The molecule has 0 radical (unpaired) electrons. The lowest BCUT2D eigenvalue weighted by Crippen LogP contribution is -2.01. The van der Waals surface area contributed by atoms with Gasteiger partial charge in [-0.2, -0.15) is 5.10 Å². The summed E-state index contributed by atoms with van der Waals surface area (Å²) in [5, 5.41) is 5.80. The van der Waals surface area contributed by atoms with Crippen LogP contribution in [0.5, 0.6) is 0 Å². The second-order valence-corrected chi connectivity index (χ2v) is 4.03. The molecule has 0 amide bonds. The SMILES string of the molecule is Cn1nc(C2CC2N)c2ccccc21.